The van der Waals surface area contributed by atoms with Crippen molar-refractivity contribution in [2.24, 2.45) is 5.92 Å². The zero-order chi connectivity index (χ0) is 15.2. The molecule has 0 saturated carbocycles. The fraction of sp³-hybridized carbons (Fsp3) is 0.600. The summed E-state index contributed by atoms with van der Waals surface area (Å²) in [6.45, 7) is 5.73. The van der Waals surface area contributed by atoms with Crippen LogP contribution in [0.5, 0.6) is 0 Å². The third kappa shape index (κ3) is 3.85. The molecule has 0 aromatic carbocycles. The molecule has 0 aliphatic carbocycles. The second-order valence-electron chi connectivity index (χ2n) is 5.13. The number of rotatable bonds is 6. The van der Waals surface area contributed by atoms with E-state index in [1.165, 1.54) is 6.20 Å². The van der Waals surface area contributed by atoms with Gasteiger partial charge in [-0.15, -0.1) is 0 Å². The van der Waals surface area contributed by atoms with Crippen molar-refractivity contribution in [3.05, 3.63) is 17.8 Å². The third-order valence-electron chi connectivity index (χ3n) is 3.68. The van der Waals surface area contributed by atoms with Crippen LogP contribution in [0.15, 0.2) is 12.3 Å². The van der Waals surface area contributed by atoms with Crippen LogP contribution in [-0.2, 0) is 9.47 Å². The predicted molar refractivity (Wildman–Crippen MR) is 81.2 cm³/mol. The second kappa shape index (κ2) is 7.26. The van der Waals surface area contributed by atoms with Gasteiger partial charge in [0.05, 0.1) is 24.6 Å². The Bertz CT molecular complexity index is 493. The Labute approximate surface area is 125 Å². The first kappa shape index (κ1) is 15.6. The van der Waals surface area contributed by atoms with Crippen molar-refractivity contribution in [3.63, 3.8) is 0 Å². The van der Waals surface area contributed by atoms with Gasteiger partial charge >= 0.3 is 5.97 Å². The number of nitrogens with one attached hydrogen (secondary N) is 1. The van der Waals surface area contributed by atoms with Crippen molar-refractivity contribution in [3.8, 4) is 0 Å². The Morgan fingerprint density at radius 3 is 3.10 bits per heavy atom. The van der Waals surface area contributed by atoms with E-state index in [-0.39, 0.29) is 6.10 Å². The van der Waals surface area contributed by atoms with Crippen LogP contribution >= 0.6 is 0 Å². The van der Waals surface area contributed by atoms with E-state index in [1.807, 2.05) is 0 Å². The van der Waals surface area contributed by atoms with Crippen molar-refractivity contribution in [1.29, 1.82) is 0 Å². The number of nitrogen functional groups attached to an aromatic ring is 1. The van der Waals surface area contributed by atoms with E-state index < -0.39 is 5.97 Å². The minimum absolute atomic E-state index is 0.275. The lowest BCUT2D eigenvalue weighted by atomic mass is 9.99. The summed E-state index contributed by atoms with van der Waals surface area (Å²) in [5, 5.41) is 3.24. The Morgan fingerprint density at radius 2 is 2.38 bits per heavy atom. The van der Waals surface area contributed by atoms with Crippen molar-refractivity contribution >= 4 is 17.5 Å². The van der Waals surface area contributed by atoms with Crippen molar-refractivity contribution in [1.82, 2.24) is 4.98 Å². The van der Waals surface area contributed by atoms with E-state index >= 15 is 0 Å². The lowest BCUT2D eigenvalue weighted by Gasteiger charge is -2.18. The molecule has 6 nitrogen and oxygen atoms in total. The highest BCUT2D eigenvalue weighted by molar-refractivity contribution is 5.95. The average molecular weight is 293 g/mol. The number of ether oxygens (including phenoxy) is 2. The van der Waals surface area contributed by atoms with E-state index in [9.17, 15) is 4.79 Å². The molecule has 0 spiro atoms. The van der Waals surface area contributed by atoms with E-state index in [0.717, 1.165) is 26.0 Å². The summed E-state index contributed by atoms with van der Waals surface area (Å²) in [6.07, 6.45) is 3.83. The number of carbonyl (C=O) groups excluding carboxylic acids is 1. The molecule has 2 rings (SSSR count). The lowest BCUT2D eigenvalue weighted by molar-refractivity contribution is 0.0527. The highest BCUT2D eigenvalue weighted by Crippen LogP contribution is 2.24. The van der Waals surface area contributed by atoms with Crippen LogP contribution in [0.4, 0.5) is 11.5 Å². The number of aromatic nitrogens is 1. The molecular weight excluding hydrogens is 270 g/mol. The van der Waals surface area contributed by atoms with Gasteiger partial charge in [-0.3, -0.25) is 0 Å². The third-order valence-corrected chi connectivity index (χ3v) is 3.68. The summed E-state index contributed by atoms with van der Waals surface area (Å²) in [5.74, 6) is 0.545. The second-order valence-corrected chi connectivity index (χ2v) is 5.13. The number of hydrogen-bond acceptors (Lipinski definition) is 6. The highest BCUT2D eigenvalue weighted by atomic mass is 16.5. The minimum Gasteiger partial charge on any atom is -0.462 e. The number of nitrogens with zero attached hydrogens (tertiary/aromatic N) is 1. The Kier molecular flexibility index (Phi) is 5.38. The van der Waals surface area contributed by atoms with Crippen LogP contribution in [0.1, 0.15) is 37.0 Å². The maximum atomic E-state index is 12.0. The number of esters is 1. The van der Waals surface area contributed by atoms with Crippen molar-refractivity contribution in [2.45, 2.75) is 32.8 Å². The SMILES string of the molecule is CCOC(=O)c1cc(N)cnc1NCC1CCOC1CC. The molecule has 1 aromatic rings. The summed E-state index contributed by atoms with van der Waals surface area (Å²) in [6, 6.07) is 1.59. The Balaban J connectivity index is 2.07. The first-order chi connectivity index (χ1) is 10.2. The van der Waals surface area contributed by atoms with Gasteiger partial charge in [0.2, 0.25) is 0 Å². The molecular formula is C15H23N3O3. The standard InChI is InChI=1S/C15H23N3O3/c1-3-13-10(5-6-21-13)8-17-14-12(15(19)20-4-2)7-11(16)9-18-14/h7,9-10,13H,3-6,8,16H2,1-2H3,(H,17,18). The summed E-state index contributed by atoms with van der Waals surface area (Å²) >= 11 is 0. The molecule has 2 atom stereocenters. The largest absolute Gasteiger partial charge is 0.462 e. The maximum absolute atomic E-state index is 12.0. The van der Waals surface area contributed by atoms with Gasteiger partial charge < -0.3 is 20.5 Å². The number of carbonyl (C=O) groups is 1. The molecule has 1 fully saturated rings. The van der Waals surface area contributed by atoms with Gasteiger partial charge in [-0.05, 0) is 25.8 Å². The topological polar surface area (TPSA) is 86.5 Å². The normalized spacial score (nSPS) is 21.2. The van der Waals surface area contributed by atoms with Crippen LogP contribution in [0.25, 0.3) is 0 Å². The average Bonchev–Trinajstić information content (AvgIpc) is 2.93. The van der Waals surface area contributed by atoms with E-state index in [0.29, 0.717) is 29.6 Å². The molecule has 21 heavy (non-hydrogen) atoms. The van der Waals surface area contributed by atoms with Gasteiger partial charge in [-0.1, -0.05) is 6.92 Å². The van der Waals surface area contributed by atoms with Gasteiger partial charge in [0.15, 0.2) is 0 Å². The Hall–Kier alpha value is -1.82. The van der Waals surface area contributed by atoms with Gasteiger partial charge in [0, 0.05) is 19.1 Å². The molecule has 1 aliphatic heterocycles. The molecule has 6 heteroatoms. The monoisotopic (exact) mass is 293 g/mol. The summed E-state index contributed by atoms with van der Waals surface area (Å²) in [5.41, 5.74) is 6.53. The quantitative estimate of drug-likeness (QED) is 0.781. The molecule has 1 saturated heterocycles. The predicted octanol–water partition coefficient (Wildman–Crippen LogP) is 2.07. The molecule has 1 aromatic heterocycles. The molecule has 1 aliphatic rings. The van der Waals surface area contributed by atoms with Gasteiger partial charge in [0.1, 0.15) is 11.4 Å². The van der Waals surface area contributed by atoms with Gasteiger partial charge in [0.25, 0.3) is 0 Å². The lowest BCUT2D eigenvalue weighted by Crippen LogP contribution is -2.24. The first-order valence-electron chi connectivity index (χ1n) is 7.43. The smallest absolute Gasteiger partial charge is 0.341 e. The van der Waals surface area contributed by atoms with E-state index in [4.69, 9.17) is 15.2 Å². The molecule has 116 valence electrons. The van der Waals surface area contributed by atoms with Crippen molar-refractivity contribution in [2.75, 3.05) is 30.8 Å². The molecule has 0 bridgehead atoms. The Morgan fingerprint density at radius 1 is 1.57 bits per heavy atom. The number of pyridine rings is 1. The van der Waals surface area contributed by atoms with Gasteiger partial charge in [-0.2, -0.15) is 0 Å². The van der Waals surface area contributed by atoms with Crippen LogP contribution in [0.2, 0.25) is 0 Å². The molecule has 3 N–H and O–H groups in total. The minimum atomic E-state index is -0.408. The fourth-order valence-corrected chi connectivity index (χ4v) is 2.59. The molecule has 2 unspecified atom stereocenters. The summed E-state index contributed by atoms with van der Waals surface area (Å²) < 4.78 is 10.7. The van der Waals surface area contributed by atoms with Crippen molar-refractivity contribution < 1.29 is 14.3 Å². The maximum Gasteiger partial charge on any atom is 0.341 e. The number of nitrogens with two attached hydrogens (primary N) is 1. The highest BCUT2D eigenvalue weighted by Gasteiger charge is 2.27. The molecule has 0 radical (unpaired) electrons. The van der Waals surface area contributed by atoms with Crippen LogP contribution in [0.3, 0.4) is 0 Å². The van der Waals surface area contributed by atoms with Crippen LogP contribution in [-0.4, -0.2) is 36.8 Å². The zero-order valence-electron chi connectivity index (χ0n) is 12.6. The number of anilines is 2. The molecule has 2 heterocycles. The van der Waals surface area contributed by atoms with Crippen LogP contribution in [0, 0.1) is 5.92 Å². The zero-order valence-corrected chi connectivity index (χ0v) is 12.6. The first-order valence-corrected chi connectivity index (χ1v) is 7.43. The van der Waals surface area contributed by atoms with Gasteiger partial charge in [-0.25, -0.2) is 9.78 Å². The molecule has 0 amide bonds. The van der Waals surface area contributed by atoms with Crippen LogP contribution < -0.4 is 11.1 Å². The summed E-state index contributed by atoms with van der Waals surface area (Å²) in [4.78, 5) is 16.2. The van der Waals surface area contributed by atoms with E-state index in [2.05, 4.69) is 17.2 Å². The fourth-order valence-electron chi connectivity index (χ4n) is 2.59. The van der Waals surface area contributed by atoms with E-state index in [1.54, 1.807) is 13.0 Å². The summed E-state index contributed by atoms with van der Waals surface area (Å²) in [7, 11) is 0. The number of hydrogen-bond donors (Lipinski definition) is 2.